The van der Waals surface area contributed by atoms with Crippen LogP contribution in [0.25, 0.3) is 0 Å². The zero-order valence-electron chi connectivity index (χ0n) is 22.8. The third-order valence-corrected chi connectivity index (χ3v) is 6.85. The van der Waals surface area contributed by atoms with Gasteiger partial charge in [0.1, 0.15) is 11.5 Å². The molecular formula is C28H30N4O8S2. The Morgan fingerprint density at radius 1 is 0.500 bits per heavy atom. The first-order valence-electron chi connectivity index (χ1n) is 12.3. The average Bonchev–Trinajstić information content (AvgIpc) is 3.00. The van der Waals surface area contributed by atoms with Gasteiger partial charge in [0.2, 0.25) is 0 Å². The van der Waals surface area contributed by atoms with Crippen molar-refractivity contribution in [2.24, 2.45) is 20.6 Å². The van der Waals surface area contributed by atoms with Crippen LogP contribution in [0.3, 0.4) is 0 Å². The SMILES string of the molecule is CSc1cccc(/C=N/OCCO/N=C/c2ccc(/C=N/OCCO/N=C/c3cccc(SC)c3O)c(O)c2O)c1O. The standard InChI is InChI=1S/C28H30N4O8S2/c1-41-23-7-3-5-19(25(23)33)15-29-37-11-13-39-31-17-21-9-10-22(28(36)27(21)35)18-32-40-14-12-38-30-16-20-6-4-8-24(42-2)26(20)34/h3-10,15-18,33-36H,11-14H2,1-2H3/b29-15+,30-16+,31-17+,32-18+. The van der Waals surface area contributed by atoms with Crippen LogP contribution in [-0.2, 0) is 19.4 Å². The normalized spacial score (nSPS) is 11.7. The van der Waals surface area contributed by atoms with Gasteiger partial charge < -0.3 is 39.8 Å². The molecule has 0 saturated heterocycles. The number of aromatic hydroxyl groups is 4. The molecule has 14 heteroatoms. The molecule has 3 rings (SSSR count). The molecule has 0 aliphatic rings. The molecule has 0 aliphatic carbocycles. The first-order chi connectivity index (χ1) is 20.5. The van der Waals surface area contributed by atoms with Crippen LogP contribution in [0, 0.1) is 0 Å². The van der Waals surface area contributed by atoms with Crippen LogP contribution in [0.4, 0.5) is 0 Å². The zero-order chi connectivity index (χ0) is 30.2. The molecule has 0 unspecified atom stereocenters. The van der Waals surface area contributed by atoms with Crippen molar-refractivity contribution in [2.75, 3.05) is 38.9 Å². The Kier molecular flexibility index (Phi) is 13.2. The Morgan fingerprint density at radius 3 is 1.12 bits per heavy atom. The number of benzene rings is 3. The lowest BCUT2D eigenvalue weighted by molar-refractivity contribution is 0.0552. The number of phenols is 4. The summed E-state index contributed by atoms with van der Waals surface area (Å²) < 4.78 is 0. The summed E-state index contributed by atoms with van der Waals surface area (Å²) in [4.78, 5) is 21.8. The fraction of sp³-hybridized carbons (Fsp3) is 0.214. The predicted octanol–water partition coefficient (Wildman–Crippen LogP) is 4.76. The van der Waals surface area contributed by atoms with E-state index in [2.05, 4.69) is 20.6 Å². The molecule has 0 bridgehead atoms. The van der Waals surface area contributed by atoms with Gasteiger partial charge in [-0.15, -0.1) is 23.5 Å². The Bertz CT molecular complexity index is 1330. The van der Waals surface area contributed by atoms with Crippen LogP contribution in [0.5, 0.6) is 23.0 Å². The molecule has 222 valence electrons. The smallest absolute Gasteiger partial charge is 0.167 e. The lowest BCUT2D eigenvalue weighted by atomic mass is 10.1. The summed E-state index contributed by atoms with van der Waals surface area (Å²) in [6.07, 6.45) is 9.00. The van der Waals surface area contributed by atoms with Gasteiger partial charge in [0.15, 0.2) is 37.9 Å². The van der Waals surface area contributed by atoms with E-state index >= 15 is 0 Å². The molecule has 0 fully saturated rings. The molecule has 0 amide bonds. The van der Waals surface area contributed by atoms with Gasteiger partial charge in [0.05, 0.1) is 24.9 Å². The molecule has 0 aromatic heterocycles. The number of phenolic OH excluding ortho intramolecular Hbond substituents is 4. The van der Waals surface area contributed by atoms with Crippen molar-refractivity contribution < 1.29 is 39.8 Å². The molecule has 0 spiro atoms. The van der Waals surface area contributed by atoms with Crippen molar-refractivity contribution >= 4 is 48.4 Å². The Hall–Kier alpha value is -4.56. The summed E-state index contributed by atoms with van der Waals surface area (Å²) in [5.74, 6) is -0.556. The minimum absolute atomic E-state index is 0.0716. The number of para-hydroxylation sites is 2. The van der Waals surface area contributed by atoms with Crippen LogP contribution in [0.15, 0.2) is 78.9 Å². The second-order valence-electron chi connectivity index (χ2n) is 8.01. The van der Waals surface area contributed by atoms with E-state index in [9.17, 15) is 20.4 Å². The van der Waals surface area contributed by atoms with Crippen molar-refractivity contribution in [3.8, 4) is 23.0 Å². The molecular weight excluding hydrogens is 584 g/mol. The average molecular weight is 615 g/mol. The monoisotopic (exact) mass is 614 g/mol. The number of rotatable bonds is 16. The van der Waals surface area contributed by atoms with E-state index in [4.69, 9.17) is 19.4 Å². The number of thioether (sulfide) groups is 2. The largest absolute Gasteiger partial charge is 0.506 e. The third kappa shape index (κ3) is 9.52. The molecule has 0 atom stereocenters. The van der Waals surface area contributed by atoms with E-state index in [1.165, 1.54) is 60.5 Å². The molecule has 0 heterocycles. The van der Waals surface area contributed by atoms with Crippen LogP contribution in [0.2, 0.25) is 0 Å². The van der Waals surface area contributed by atoms with Gasteiger partial charge in [0.25, 0.3) is 0 Å². The molecule has 0 saturated carbocycles. The summed E-state index contributed by atoms with van der Waals surface area (Å²) in [6.45, 7) is 0.331. The van der Waals surface area contributed by atoms with Crippen LogP contribution in [-0.4, -0.2) is 84.2 Å². The van der Waals surface area contributed by atoms with Crippen molar-refractivity contribution in [3.63, 3.8) is 0 Å². The van der Waals surface area contributed by atoms with E-state index in [0.717, 1.165) is 9.79 Å². The quantitative estimate of drug-likeness (QED) is 0.0581. The highest BCUT2D eigenvalue weighted by atomic mass is 32.2. The number of hydrogen-bond donors (Lipinski definition) is 4. The van der Waals surface area contributed by atoms with E-state index in [-0.39, 0.29) is 49.1 Å². The van der Waals surface area contributed by atoms with Crippen molar-refractivity contribution in [3.05, 3.63) is 70.8 Å². The summed E-state index contributed by atoms with van der Waals surface area (Å²) in [5, 5.41) is 55.7. The second-order valence-corrected chi connectivity index (χ2v) is 9.70. The van der Waals surface area contributed by atoms with E-state index in [1.807, 2.05) is 24.6 Å². The maximum atomic E-state index is 10.2. The van der Waals surface area contributed by atoms with E-state index in [0.29, 0.717) is 11.1 Å². The molecule has 3 aromatic carbocycles. The molecule has 0 radical (unpaired) electrons. The second kappa shape index (κ2) is 17.3. The molecule has 42 heavy (non-hydrogen) atoms. The lowest BCUT2D eigenvalue weighted by Gasteiger charge is -2.05. The summed E-state index contributed by atoms with van der Waals surface area (Å²) in [7, 11) is 0. The highest BCUT2D eigenvalue weighted by Gasteiger charge is 2.10. The number of oxime groups is 4. The summed E-state index contributed by atoms with van der Waals surface area (Å²) in [6, 6.07) is 13.7. The van der Waals surface area contributed by atoms with Crippen molar-refractivity contribution in [1.29, 1.82) is 0 Å². The maximum absolute atomic E-state index is 10.2. The fourth-order valence-electron chi connectivity index (χ4n) is 3.17. The highest BCUT2D eigenvalue weighted by molar-refractivity contribution is 7.99. The van der Waals surface area contributed by atoms with E-state index < -0.39 is 11.5 Å². The molecule has 0 aliphatic heterocycles. The first kappa shape index (κ1) is 32.0. The third-order valence-electron chi connectivity index (χ3n) is 5.31. The first-order valence-corrected chi connectivity index (χ1v) is 14.8. The minimum Gasteiger partial charge on any atom is -0.506 e. The van der Waals surface area contributed by atoms with Gasteiger partial charge in [-0.25, -0.2) is 0 Å². The zero-order valence-corrected chi connectivity index (χ0v) is 24.4. The van der Waals surface area contributed by atoms with Crippen LogP contribution < -0.4 is 0 Å². The minimum atomic E-state index is -0.411. The van der Waals surface area contributed by atoms with E-state index in [1.54, 1.807) is 24.3 Å². The Morgan fingerprint density at radius 2 is 0.810 bits per heavy atom. The molecule has 4 N–H and O–H groups in total. The number of hydrogen-bond acceptors (Lipinski definition) is 14. The van der Waals surface area contributed by atoms with Gasteiger partial charge in [-0.1, -0.05) is 32.8 Å². The summed E-state index contributed by atoms with van der Waals surface area (Å²) in [5.41, 5.74) is 1.49. The lowest BCUT2D eigenvalue weighted by Crippen LogP contribution is -1.99. The van der Waals surface area contributed by atoms with Gasteiger partial charge in [0, 0.05) is 32.0 Å². The Balaban J connectivity index is 1.36. The Labute approximate surface area is 250 Å². The van der Waals surface area contributed by atoms with Crippen LogP contribution in [0.1, 0.15) is 22.3 Å². The molecule has 12 nitrogen and oxygen atoms in total. The van der Waals surface area contributed by atoms with Crippen molar-refractivity contribution in [2.45, 2.75) is 9.79 Å². The number of nitrogens with zero attached hydrogens (tertiary/aromatic N) is 4. The van der Waals surface area contributed by atoms with Gasteiger partial charge in [-0.2, -0.15) is 0 Å². The van der Waals surface area contributed by atoms with Gasteiger partial charge >= 0.3 is 0 Å². The highest BCUT2D eigenvalue weighted by Crippen LogP contribution is 2.31. The predicted molar refractivity (Wildman–Crippen MR) is 164 cm³/mol. The van der Waals surface area contributed by atoms with Crippen LogP contribution >= 0.6 is 23.5 Å². The molecule has 3 aromatic rings. The topological polar surface area (TPSA) is 167 Å². The van der Waals surface area contributed by atoms with Gasteiger partial charge in [-0.05, 0) is 48.9 Å². The summed E-state index contributed by atoms with van der Waals surface area (Å²) >= 11 is 2.85. The van der Waals surface area contributed by atoms with Gasteiger partial charge in [-0.3, -0.25) is 0 Å². The van der Waals surface area contributed by atoms with Crippen molar-refractivity contribution in [1.82, 2.24) is 0 Å². The fourth-order valence-corrected chi connectivity index (χ4v) is 4.22. The maximum Gasteiger partial charge on any atom is 0.167 e.